The molecule has 2 N–H and O–H groups in total. The summed E-state index contributed by atoms with van der Waals surface area (Å²) in [7, 11) is 0. The van der Waals surface area contributed by atoms with Crippen molar-refractivity contribution in [3.8, 4) is 0 Å². The SMILES string of the molecule is CCNC(=NCC1CCCN(Cc2cccs2)C1)NCCN1CCOCC1. The summed E-state index contributed by atoms with van der Waals surface area (Å²) in [4.78, 5) is 11.4. The number of nitrogens with one attached hydrogen (secondary N) is 2. The van der Waals surface area contributed by atoms with E-state index in [1.165, 1.54) is 24.3 Å². The molecule has 0 aromatic carbocycles. The van der Waals surface area contributed by atoms with E-state index >= 15 is 0 Å². The van der Waals surface area contributed by atoms with Crippen LogP contribution in [0, 0.1) is 5.92 Å². The Hall–Kier alpha value is -1.15. The van der Waals surface area contributed by atoms with Gasteiger partial charge in [0.1, 0.15) is 0 Å². The molecule has 2 fully saturated rings. The van der Waals surface area contributed by atoms with E-state index in [0.29, 0.717) is 5.92 Å². The van der Waals surface area contributed by atoms with Crippen molar-refractivity contribution >= 4 is 17.3 Å². The van der Waals surface area contributed by atoms with Crippen LogP contribution in [0.5, 0.6) is 0 Å². The van der Waals surface area contributed by atoms with E-state index in [-0.39, 0.29) is 0 Å². The second kappa shape index (κ2) is 11.6. The molecular weight excluding hydrogens is 358 g/mol. The van der Waals surface area contributed by atoms with Gasteiger partial charge in [-0.05, 0) is 43.7 Å². The van der Waals surface area contributed by atoms with Gasteiger partial charge in [0.05, 0.1) is 13.2 Å². The summed E-state index contributed by atoms with van der Waals surface area (Å²) in [6.45, 7) is 13.2. The maximum Gasteiger partial charge on any atom is 0.191 e. The summed E-state index contributed by atoms with van der Waals surface area (Å²) in [6, 6.07) is 4.39. The first-order valence-electron chi connectivity index (χ1n) is 10.4. The molecular formula is C20H35N5OS. The topological polar surface area (TPSA) is 52.1 Å². The molecule has 0 bridgehead atoms. The Bertz CT molecular complexity index is 545. The average molecular weight is 394 g/mol. The van der Waals surface area contributed by atoms with Gasteiger partial charge in [-0.1, -0.05) is 6.07 Å². The summed E-state index contributed by atoms with van der Waals surface area (Å²) in [6.07, 6.45) is 2.57. The van der Waals surface area contributed by atoms with Crippen molar-refractivity contribution in [1.29, 1.82) is 0 Å². The highest BCUT2D eigenvalue weighted by molar-refractivity contribution is 7.09. The summed E-state index contributed by atoms with van der Waals surface area (Å²) >= 11 is 1.86. The highest BCUT2D eigenvalue weighted by Gasteiger charge is 2.20. The molecule has 2 aliphatic rings. The molecule has 27 heavy (non-hydrogen) atoms. The van der Waals surface area contributed by atoms with Gasteiger partial charge in [0.2, 0.25) is 0 Å². The van der Waals surface area contributed by atoms with Gasteiger partial charge in [-0.3, -0.25) is 14.8 Å². The number of guanidine groups is 1. The molecule has 0 spiro atoms. The molecule has 2 aliphatic heterocycles. The molecule has 152 valence electrons. The predicted molar refractivity (Wildman–Crippen MR) is 114 cm³/mol. The van der Waals surface area contributed by atoms with Crippen LogP contribution >= 0.6 is 11.3 Å². The number of ether oxygens (including phenoxy) is 1. The zero-order valence-electron chi connectivity index (χ0n) is 16.7. The molecule has 3 rings (SSSR count). The molecule has 0 radical (unpaired) electrons. The number of likely N-dealkylation sites (tertiary alicyclic amines) is 1. The van der Waals surface area contributed by atoms with Gasteiger partial charge in [-0.15, -0.1) is 11.3 Å². The smallest absolute Gasteiger partial charge is 0.191 e. The van der Waals surface area contributed by atoms with E-state index in [1.807, 2.05) is 11.3 Å². The van der Waals surface area contributed by atoms with Gasteiger partial charge in [0.15, 0.2) is 5.96 Å². The van der Waals surface area contributed by atoms with Crippen LogP contribution in [0.2, 0.25) is 0 Å². The van der Waals surface area contributed by atoms with Crippen LogP contribution in [0.1, 0.15) is 24.6 Å². The van der Waals surface area contributed by atoms with Gasteiger partial charge in [-0.25, -0.2) is 0 Å². The second-order valence-electron chi connectivity index (χ2n) is 7.42. The quantitative estimate of drug-likeness (QED) is 0.521. The minimum absolute atomic E-state index is 0.661. The van der Waals surface area contributed by atoms with E-state index < -0.39 is 0 Å². The predicted octanol–water partition coefficient (Wildman–Crippen LogP) is 1.85. The van der Waals surface area contributed by atoms with Crippen LogP contribution in [0.4, 0.5) is 0 Å². The largest absolute Gasteiger partial charge is 0.379 e. The standard InChI is InChI=1S/C20H35N5OS/c1-2-21-20(22-7-9-24-10-12-26-13-11-24)23-15-18-5-3-8-25(16-18)17-19-6-4-14-27-19/h4,6,14,18H,2-3,5,7-13,15-17H2,1H3,(H2,21,22,23). The zero-order valence-corrected chi connectivity index (χ0v) is 17.5. The highest BCUT2D eigenvalue weighted by atomic mass is 32.1. The van der Waals surface area contributed by atoms with E-state index in [4.69, 9.17) is 9.73 Å². The number of thiophene rings is 1. The van der Waals surface area contributed by atoms with E-state index in [2.05, 4.69) is 44.9 Å². The van der Waals surface area contributed by atoms with Crippen molar-refractivity contribution in [2.45, 2.75) is 26.3 Å². The number of rotatable bonds is 8. The Morgan fingerprint density at radius 1 is 1.26 bits per heavy atom. The number of hydrogen-bond acceptors (Lipinski definition) is 5. The van der Waals surface area contributed by atoms with Crippen molar-refractivity contribution in [1.82, 2.24) is 20.4 Å². The van der Waals surface area contributed by atoms with Crippen LogP contribution in [0.15, 0.2) is 22.5 Å². The van der Waals surface area contributed by atoms with Gasteiger partial charge in [0, 0.05) is 57.2 Å². The monoisotopic (exact) mass is 393 g/mol. The normalized spacial score (nSPS) is 22.7. The fraction of sp³-hybridized carbons (Fsp3) is 0.750. The second-order valence-corrected chi connectivity index (χ2v) is 8.46. The Morgan fingerprint density at radius 3 is 2.93 bits per heavy atom. The first-order chi connectivity index (χ1) is 13.3. The Balaban J connectivity index is 1.41. The van der Waals surface area contributed by atoms with Crippen molar-refractivity contribution < 1.29 is 4.74 Å². The van der Waals surface area contributed by atoms with Crippen molar-refractivity contribution in [2.24, 2.45) is 10.9 Å². The van der Waals surface area contributed by atoms with Crippen LogP contribution in [0.25, 0.3) is 0 Å². The number of piperidine rings is 1. The van der Waals surface area contributed by atoms with Crippen LogP contribution in [0.3, 0.4) is 0 Å². The van der Waals surface area contributed by atoms with Crippen LogP contribution < -0.4 is 10.6 Å². The zero-order chi connectivity index (χ0) is 18.7. The number of hydrogen-bond donors (Lipinski definition) is 2. The molecule has 0 amide bonds. The first kappa shape index (κ1) is 20.6. The van der Waals surface area contributed by atoms with Crippen molar-refractivity contribution in [3.63, 3.8) is 0 Å². The number of aliphatic imine (C=N–C) groups is 1. The fourth-order valence-electron chi connectivity index (χ4n) is 3.79. The van der Waals surface area contributed by atoms with E-state index in [0.717, 1.165) is 71.5 Å². The lowest BCUT2D eigenvalue weighted by molar-refractivity contribution is 0.0389. The van der Waals surface area contributed by atoms with Crippen LogP contribution in [-0.2, 0) is 11.3 Å². The molecule has 1 aromatic rings. The number of nitrogens with zero attached hydrogens (tertiary/aromatic N) is 3. The van der Waals surface area contributed by atoms with E-state index in [1.54, 1.807) is 0 Å². The Morgan fingerprint density at radius 2 is 2.15 bits per heavy atom. The molecule has 1 unspecified atom stereocenters. The summed E-state index contributed by atoms with van der Waals surface area (Å²) in [5.41, 5.74) is 0. The highest BCUT2D eigenvalue weighted by Crippen LogP contribution is 2.20. The maximum absolute atomic E-state index is 5.41. The summed E-state index contributed by atoms with van der Waals surface area (Å²) < 4.78 is 5.41. The van der Waals surface area contributed by atoms with Gasteiger partial charge >= 0.3 is 0 Å². The minimum atomic E-state index is 0.661. The summed E-state index contributed by atoms with van der Waals surface area (Å²) in [5.74, 6) is 1.62. The number of morpholine rings is 1. The first-order valence-corrected chi connectivity index (χ1v) is 11.3. The molecule has 7 heteroatoms. The lowest BCUT2D eigenvalue weighted by atomic mass is 9.98. The average Bonchev–Trinajstić information content (AvgIpc) is 3.20. The lowest BCUT2D eigenvalue weighted by Gasteiger charge is -2.31. The Kier molecular flexibility index (Phi) is 8.87. The minimum Gasteiger partial charge on any atom is -0.379 e. The van der Waals surface area contributed by atoms with Gasteiger partial charge < -0.3 is 15.4 Å². The van der Waals surface area contributed by atoms with Crippen molar-refractivity contribution in [3.05, 3.63) is 22.4 Å². The third-order valence-electron chi connectivity index (χ3n) is 5.24. The maximum atomic E-state index is 5.41. The third kappa shape index (κ3) is 7.41. The molecule has 1 aromatic heterocycles. The van der Waals surface area contributed by atoms with Crippen LogP contribution in [-0.4, -0.2) is 81.3 Å². The summed E-state index contributed by atoms with van der Waals surface area (Å²) in [5, 5.41) is 9.06. The van der Waals surface area contributed by atoms with E-state index in [9.17, 15) is 0 Å². The molecule has 3 heterocycles. The lowest BCUT2D eigenvalue weighted by Crippen LogP contribution is -2.44. The molecule has 2 saturated heterocycles. The van der Waals surface area contributed by atoms with Gasteiger partial charge in [0.25, 0.3) is 0 Å². The fourth-order valence-corrected chi connectivity index (χ4v) is 4.53. The Labute approximate surface area is 168 Å². The van der Waals surface area contributed by atoms with Crippen molar-refractivity contribution in [2.75, 3.05) is 65.6 Å². The molecule has 6 nitrogen and oxygen atoms in total. The molecule has 0 saturated carbocycles. The molecule has 1 atom stereocenters. The molecule has 0 aliphatic carbocycles. The third-order valence-corrected chi connectivity index (χ3v) is 6.10. The van der Waals surface area contributed by atoms with Gasteiger partial charge in [-0.2, -0.15) is 0 Å².